The summed E-state index contributed by atoms with van der Waals surface area (Å²) in [5.41, 5.74) is 6.02. The third-order valence-corrected chi connectivity index (χ3v) is 8.20. The third kappa shape index (κ3) is 5.05. The highest BCUT2D eigenvalue weighted by molar-refractivity contribution is 8.01. The standard InChI is InChI=1S/C20H24N8O5S3/c1-20(2,3)17-24-19(26-25-17)36-6-8-5-34-15-11(14(30)28(15)12(8)16(31)32)23-13(29)10(27-33-4)9-7-35-18(21)22-9/h7,11,15H,5-6H2,1-4H3,(H2,21,22)(H,23,29)(H,31,32)(H,24,25,26)/t11?,15-/m0/s1. The van der Waals surface area contributed by atoms with Crippen LogP contribution in [0.15, 0.2) is 27.0 Å². The van der Waals surface area contributed by atoms with E-state index in [1.807, 2.05) is 20.8 Å². The van der Waals surface area contributed by atoms with Gasteiger partial charge in [-0.1, -0.05) is 37.7 Å². The molecule has 5 N–H and O–H groups in total. The average molecular weight is 553 g/mol. The summed E-state index contributed by atoms with van der Waals surface area (Å²) >= 11 is 3.79. The summed E-state index contributed by atoms with van der Waals surface area (Å²) in [7, 11) is 1.28. The van der Waals surface area contributed by atoms with Gasteiger partial charge in [-0.05, 0) is 5.57 Å². The molecule has 0 spiro atoms. The molecule has 0 bridgehead atoms. The molecule has 1 saturated heterocycles. The van der Waals surface area contributed by atoms with Crippen LogP contribution >= 0.6 is 34.9 Å². The first-order valence-electron chi connectivity index (χ1n) is 10.6. The summed E-state index contributed by atoms with van der Waals surface area (Å²) in [5.74, 6) is -1.01. The predicted molar refractivity (Wildman–Crippen MR) is 136 cm³/mol. The number of thioether (sulfide) groups is 2. The summed E-state index contributed by atoms with van der Waals surface area (Å²) in [6, 6.07) is -0.925. The summed E-state index contributed by atoms with van der Waals surface area (Å²) in [6.07, 6.45) is 0. The van der Waals surface area contributed by atoms with E-state index in [2.05, 4.69) is 30.6 Å². The topological polar surface area (TPSA) is 189 Å². The Morgan fingerprint density at radius 1 is 1.42 bits per heavy atom. The Balaban J connectivity index is 1.47. The Kier molecular flexibility index (Phi) is 7.28. The van der Waals surface area contributed by atoms with Gasteiger partial charge in [0, 0.05) is 22.3 Å². The van der Waals surface area contributed by atoms with Gasteiger partial charge in [0.1, 0.15) is 35.7 Å². The number of hydrogen-bond donors (Lipinski definition) is 4. The molecule has 0 aromatic carbocycles. The van der Waals surface area contributed by atoms with E-state index in [9.17, 15) is 19.5 Å². The van der Waals surface area contributed by atoms with Gasteiger partial charge in [0.15, 0.2) is 10.8 Å². The minimum Gasteiger partial charge on any atom is -0.477 e. The van der Waals surface area contributed by atoms with Gasteiger partial charge in [-0.15, -0.1) is 28.2 Å². The predicted octanol–water partition coefficient (Wildman–Crippen LogP) is 1.02. The van der Waals surface area contributed by atoms with Crippen LogP contribution in [0.1, 0.15) is 32.3 Å². The number of H-pyrrole nitrogens is 1. The van der Waals surface area contributed by atoms with E-state index in [-0.39, 0.29) is 27.6 Å². The Hall–Kier alpha value is -3.11. The van der Waals surface area contributed by atoms with Crippen molar-refractivity contribution in [2.45, 2.75) is 42.8 Å². The van der Waals surface area contributed by atoms with Gasteiger partial charge in [0.05, 0.1) is 0 Å². The first-order chi connectivity index (χ1) is 17.0. The van der Waals surface area contributed by atoms with E-state index in [0.29, 0.717) is 22.2 Å². The van der Waals surface area contributed by atoms with Crippen LogP contribution in [-0.4, -0.2) is 83.7 Å². The van der Waals surface area contributed by atoms with Crippen LogP contribution in [0.4, 0.5) is 5.13 Å². The molecule has 36 heavy (non-hydrogen) atoms. The number of aromatic nitrogens is 4. The molecule has 0 aliphatic carbocycles. The number of carboxylic acids is 1. The maximum atomic E-state index is 13.0. The number of anilines is 1. The number of carboxylic acid groups (broad SMARTS) is 1. The highest BCUT2D eigenvalue weighted by Gasteiger charge is 2.54. The maximum Gasteiger partial charge on any atom is 0.352 e. The molecule has 0 saturated carbocycles. The van der Waals surface area contributed by atoms with Crippen LogP contribution in [0.25, 0.3) is 0 Å². The van der Waals surface area contributed by atoms with E-state index < -0.39 is 29.2 Å². The second-order valence-corrected chi connectivity index (χ2v) is 11.8. The van der Waals surface area contributed by atoms with Crippen LogP contribution < -0.4 is 11.1 Å². The molecule has 4 rings (SSSR count). The molecule has 2 amide bonds. The molecule has 2 aromatic rings. The van der Waals surface area contributed by atoms with E-state index in [1.54, 1.807) is 5.38 Å². The minimum absolute atomic E-state index is 0.0774. The second-order valence-electron chi connectivity index (χ2n) is 8.82. The maximum absolute atomic E-state index is 13.0. The van der Waals surface area contributed by atoms with E-state index in [4.69, 9.17) is 10.6 Å². The highest BCUT2D eigenvalue weighted by atomic mass is 32.2. The number of amides is 2. The van der Waals surface area contributed by atoms with Crippen LogP contribution in [0.3, 0.4) is 0 Å². The van der Waals surface area contributed by atoms with Gasteiger partial charge >= 0.3 is 5.97 Å². The molecule has 1 unspecified atom stereocenters. The number of nitrogens with two attached hydrogens (primary N) is 1. The van der Waals surface area contributed by atoms with E-state index in [0.717, 1.165) is 17.2 Å². The molecule has 4 heterocycles. The highest BCUT2D eigenvalue weighted by Crippen LogP contribution is 2.41. The van der Waals surface area contributed by atoms with Crippen molar-refractivity contribution in [1.29, 1.82) is 0 Å². The lowest BCUT2D eigenvalue weighted by molar-refractivity contribution is -0.150. The molecular weight excluding hydrogens is 528 g/mol. The number of hydrogen-bond acceptors (Lipinski definition) is 12. The zero-order chi connectivity index (χ0) is 26.2. The zero-order valence-electron chi connectivity index (χ0n) is 19.8. The van der Waals surface area contributed by atoms with Gasteiger partial charge in [-0.25, -0.2) is 14.8 Å². The summed E-state index contributed by atoms with van der Waals surface area (Å²) in [4.78, 5) is 52.4. The fourth-order valence-corrected chi connectivity index (χ4v) is 6.33. The van der Waals surface area contributed by atoms with Crippen LogP contribution in [0.5, 0.6) is 0 Å². The summed E-state index contributed by atoms with van der Waals surface area (Å²) in [6.45, 7) is 6.02. The number of thiazole rings is 1. The van der Waals surface area contributed by atoms with E-state index in [1.165, 1.54) is 35.5 Å². The minimum atomic E-state index is -1.21. The zero-order valence-corrected chi connectivity index (χ0v) is 22.2. The van der Waals surface area contributed by atoms with Crippen molar-refractivity contribution in [3.8, 4) is 0 Å². The van der Waals surface area contributed by atoms with Crippen molar-refractivity contribution < 1.29 is 24.3 Å². The van der Waals surface area contributed by atoms with Gasteiger partial charge in [0.2, 0.25) is 5.16 Å². The van der Waals surface area contributed by atoms with Gasteiger partial charge < -0.3 is 21.0 Å². The Labute approximate surface area is 218 Å². The second kappa shape index (κ2) is 10.1. The summed E-state index contributed by atoms with van der Waals surface area (Å²) < 4.78 is 0. The number of β-lactam (4-membered cyclic amide) rings is 1. The number of aromatic amines is 1. The van der Waals surface area contributed by atoms with E-state index >= 15 is 0 Å². The fourth-order valence-electron chi connectivity index (χ4n) is 3.49. The number of nitrogens with zero attached hydrogens (tertiary/aromatic N) is 5. The van der Waals surface area contributed by atoms with Crippen LogP contribution in [0, 0.1) is 0 Å². The molecule has 0 radical (unpaired) electrons. The van der Waals surface area contributed by atoms with Gasteiger partial charge in [0.25, 0.3) is 11.8 Å². The normalized spacial score (nSPS) is 20.2. The van der Waals surface area contributed by atoms with Crippen molar-refractivity contribution in [2.24, 2.45) is 5.16 Å². The lowest BCUT2D eigenvalue weighted by Crippen LogP contribution is -2.71. The Bertz CT molecular complexity index is 1260. The number of nitrogen functional groups attached to an aromatic ring is 1. The number of carbonyl (C=O) groups is 3. The summed E-state index contributed by atoms with van der Waals surface area (Å²) in [5, 5.41) is 25.0. The monoisotopic (exact) mass is 552 g/mol. The van der Waals surface area contributed by atoms with Crippen molar-refractivity contribution in [2.75, 3.05) is 24.3 Å². The molecule has 13 nitrogen and oxygen atoms in total. The number of aliphatic carboxylic acids is 1. The third-order valence-electron chi connectivity index (χ3n) is 5.25. The number of carbonyl (C=O) groups excluding carboxylic acids is 2. The lowest BCUT2D eigenvalue weighted by Gasteiger charge is -2.49. The molecule has 2 aliphatic rings. The Morgan fingerprint density at radius 3 is 2.75 bits per heavy atom. The van der Waals surface area contributed by atoms with Gasteiger partial charge in [-0.2, -0.15) is 0 Å². The molecular formula is C20H24N8O5S3. The quantitative estimate of drug-likeness (QED) is 0.158. The fraction of sp³-hybridized carbons (Fsp3) is 0.450. The largest absolute Gasteiger partial charge is 0.477 e. The molecule has 2 aromatic heterocycles. The molecule has 1 fully saturated rings. The number of oxime groups is 1. The molecule has 16 heteroatoms. The number of rotatable bonds is 8. The molecule has 2 atom stereocenters. The SMILES string of the molecule is CON=C(C(=O)NC1C(=O)N2C(C(=O)O)=C(CSc3n[nH]c(C(C)(C)C)n3)CS[C@@H]12)c1csc(N)n1. The molecule has 192 valence electrons. The average Bonchev–Trinajstić information content (AvgIpc) is 3.47. The van der Waals surface area contributed by atoms with Crippen LogP contribution in [-0.2, 0) is 24.6 Å². The van der Waals surface area contributed by atoms with Crippen molar-refractivity contribution in [1.82, 2.24) is 30.4 Å². The van der Waals surface area contributed by atoms with Crippen molar-refractivity contribution in [3.63, 3.8) is 0 Å². The smallest absolute Gasteiger partial charge is 0.352 e. The first kappa shape index (κ1) is 26.0. The number of fused-ring (bicyclic) bond motifs is 1. The first-order valence-corrected chi connectivity index (χ1v) is 13.5. The lowest BCUT2D eigenvalue weighted by atomic mass is 9.96. The van der Waals surface area contributed by atoms with Crippen LogP contribution in [0.2, 0.25) is 0 Å². The van der Waals surface area contributed by atoms with Crippen molar-refractivity contribution in [3.05, 3.63) is 28.2 Å². The van der Waals surface area contributed by atoms with Crippen molar-refractivity contribution >= 4 is 63.5 Å². The number of nitrogens with one attached hydrogen (secondary N) is 2. The molecule has 2 aliphatic heterocycles. The van der Waals surface area contributed by atoms with Gasteiger partial charge in [-0.3, -0.25) is 19.6 Å². The Morgan fingerprint density at radius 2 is 2.17 bits per heavy atom.